The number of hydrogen-bond donors (Lipinski definition) is 3. The van der Waals surface area contributed by atoms with Crippen LogP contribution in [0.3, 0.4) is 0 Å². The number of fused-ring (bicyclic) bond motifs is 2. The molecule has 0 amide bonds. The maximum Gasteiger partial charge on any atom is 0.229 e. The molecule has 0 saturated carbocycles. The lowest BCUT2D eigenvalue weighted by Gasteiger charge is -2.08. The molecular formula is C21H20N8. The minimum Gasteiger partial charge on any atom is -0.340 e. The summed E-state index contributed by atoms with van der Waals surface area (Å²) < 4.78 is 1.88. The highest BCUT2D eigenvalue weighted by Crippen LogP contribution is 2.24. The van der Waals surface area contributed by atoms with Gasteiger partial charge < -0.3 is 10.6 Å². The Hall–Kier alpha value is -3.94. The lowest BCUT2D eigenvalue weighted by atomic mass is 10.2. The molecule has 8 heteroatoms. The van der Waals surface area contributed by atoms with Crippen molar-refractivity contribution in [3.8, 4) is 0 Å². The average molecular weight is 384 g/mol. The minimum atomic E-state index is 0.513. The average Bonchev–Trinajstić information content (AvgIpc) is 3.21. The van der Waals surface area contributed by atoms with Crippen molar-refractivity contribution in [3.63, 3.8) is 0 Å². The fraction of sp³-hybridized carbons (Fsp3) is 0.143. The number of rotatable bonds is 4. The van der Waals surface area contributed by atoms with Crippen molar-refractivity contribution in [1.29, 1.82) is 0 Å². The van der Waals surface area contributed by atoms with Crippen LogP contribution in [0.5, 0.6) is 0 Å². The van der Waals surface area contributed by atoms with Crippen molar-refractivity contribution >= 4 is 44.9 Å². The number of nitrogens with zero attached hydrogens (tertiary/aromatic N) is 5. The van der Waals surface area contributed by atoms with Gasteiger partial charge in [-0.05, 0) is 56.3 Å². The van der Waals surface area contributed by atoms with Crippen LogP contribution in [0.25, 0.3) is 21.8 Å². The Morgan fingerprint density at radius 2 is 1.66 bits per heavy atom. The second kappa shape index (κ2) is 6.59. The van der Waals surface area contributed by atoms with Gasteiger partial charge in [-0.3, -0.25) is 9.78 Å². The lowest BCUT2D eigenvalue weighted by molar-refractivity contribution is 0.751. The predicted octanol–water partition coefficient (Wildman–Crippen LogP) is 4.34. The van der Waals surface area contributed by atoms with Gasteiger partial charge in [-0.25, -0.2) is 4.98 Å². The molecule has 0 spiro atoms. The van der Waals surface area contributed by atoms with E-state index in [2.05, 4.69) is 48.9 Å². The van der Waals surface area contributed by atoms with Gasteiger partial charge in [0.1, 0.15) is 5.82 Å². The molecule has 0 aliphatic heterocycles. The second-order valence-electron chi connectivity index (χ2n) is 7.04. The Morgan fingerprint density at radius 3 is 2.52 bits per heavy atom. The predicted molar refractivity (Wildman–Crippen MR) is 115 cm³/mol. The molecule has 3 heterocycles. The van der Waals surface area contributed by atoms with E-state index in [9.17, 15) is 0 Å². The molecular weight excluding hydrogens is 364 g/mol. The normalized spacial score (nSPS) is 11.3. The van der Waals surface area contributed by atoms with Gasteiger partial charge in [-0.1, -0.05) is 0 Å². The van der Waals surface area contributed by atoms with E-state index in [0.717, 1.165) is 44.6 Å². The zero-order valence-corrected chi connectivity index (χ0v) is 16.4. The van der Waals surface area contributed by atoms with E-state index in [-0.39, 0.29) is 0 Å². The van der Waals surface area contributed by atoms with Crippen LogP contribution >= 0.6 is 0 Å². The van der Waals surface area contributed by atoms with Crippen molar-refractivity contribution in [2.45, 2.75) is 13.8 Å². The molecule has 5 aromatic rings. The van der Waals surface area contributed by atoms with Crippen LogP contribution < -0.4 is 10.6 Å². The van der Waals surface area contributed by atoms with Crippen molar-refractivity contribution < 1.29 is 0 Å². The van der Waals surface area contributed by atoms with Crippen LogP contribution in [0, 0.1) is 13.8 Å². The molecule has 0 atom stereocenters. The third-order valence-electron chi connectivity index (χ3n) is 5.06. The topological polar surface area (TPSA) is 96.3 Å². The highest BCUT2D eigenvalue weighted by molar-refractivity contribution is 5.86. The first-order valence-electron chi connectivity index (χ1n) is 9.32. The van der Waals surface area contributed by atoms with E-state index < -0.39 is 0 Å². The van der Waals surface area contributed by atoms with E-state index >= 15 is 0 Å². The van der Waals surface area contributed by atoms with Crippen LogP contribution in [0.1, 0.15) is 11.4 Å². The van der Waals surface area contributed by atoms with Crippen LogP contribution in [0.15, 0.2) is 48.7 Å². The number of aryl methyl sites for hydroxylation is 3. The summed E-state index contributed by atoms with van der Waals surface area (Å²) in [4.78, 5) is 8.89. The smallest absolute Gasteiger partial charge is 0.229 e. The van der Waals surface area contributed by atoms with Crippen LogP contribution in [0.4, 0.5) is 23.1 Å². The summed E-state index contributed by atoms with van der Waals surface area (Å²) in [7, 11) is 1.95. The van der Waals surface area contributed by atoms with Crippen LogP contribution in [-0.2, 0) is 7.05 Å². The van der Waals surface area contributed by atoms with Gasteiger partial charge in [0, 0.05) is 46.8 Å². The molecule has 0 bridgehead atoms. The van der Waals surface area contributed by atoms with E-state index in [0.29, 0.717) is 11.8 Å². The van der Waals surface area contributed by atoms with E-state index in [1.165, 1.54) is 0 Å². The Labute approximate surface area is 167 Å². The minimum absolute atomic E-state index is 0.513. The third kappa shape index (κ3) is 3.14. The summed E-state index contributed by atoms with van der Waals surface area (Å²) >= 11 is 0. The van der Waals surface area contributed by atoms with Crippen LogP contribution in [-0.4, -0.2) is 29.9 Å². The largest absolute Gasteiger partial charge is 0.340 e. The van der Waals surface area contributed by atoms with Crippen molar-refractivity contribution in [1.82, 2.24) is 29.9 Å². The summed E-state index contributed by atoms with van der Waals surface area (Å²) in [6.07, 6.45) is 1.72. The van der Waals surface area contributed by atoms with E-state index in [1.54, 1.807) is 6.20 Å². The molecule has 0 fully saturated rings. The highest BCUT2D eigenvalue weighted by atomic mass is 15.3. The maximum atomic E-state index is 4.56. The summed E-state index contributed by atoms with van der Waals surface area (Å²) in [6, 6.07) is 13.9. The van der Waals surface area contributed by atoms with Gasteiger partial charge in [-0.15, -0.1) is 0 Å². The number of H-pyrrole nitrogens is 1. The maximum absolute atomic E-state index is 4.56. The first kappa shape index (κ1) is 17.2. The van der Waals surface area contributed by atoms with Crippen LogP contribution in [0.2, 0.25) is 0 Å². The van der Waals surface area contributed by atoms with Gasteiger partial charge in [0.2, 0.25) is 5.95 Å². The molecule has 5 rings (SSSR count). The quantitative estimate of drug-likeness (QED) is 0.426. The molecule has 29 heavy (non-hydrogen) atoms. The molecule has 3 N–H and O–H groups in total. The summed E-state index contributed by atoms with van der Waals surface area (Å²) in [5.41, 5.74) is 5.85. The standard InChI is InChI=1S/C21H20N8/c1-12-16-6-4-14(10-18(16)27-26-12)23-20-8-9-22-21(25-20)24-15-5-7-17-13(2)29(3)28-19(17)11-15/h4-11H,1-3H3,(H,26,27)(H2,22,23,24,25). The Kier molecular flexibility index (Phi) is 3.90. The monoisotopic (exact) mass is 384 g/mol. The fourth-order valence-corrected chi connectivity index (χ4v) is 3.40. The van der Waals surface area contributed by atoms with Crippen molar-refractivity contribution in [3.05, 3.63) is 60.0 Å². The zero-order valence-electron chi connectivity index (χ0n) is 16.4. The molecule has 3 aromatic heterocycles. The number of hydrogen-bond acceptors (Lipinski definition) is 6. The first-order chi connectivity index (χ1) is 14.1. The second-order valence-corrected chi connectivity index (χ2v) is 7.04. The Balaban J connectivity index is 1.38. The number of aromatic amines is 1. The summed E-state index contributed by atoms with van der Waals surface area (Å²) in [6.45, 7) is 4.07. The van der Waals surface area contributed by atoms with Crippen molar-refractivity contribution in [2.24, 2.45) is 7.05 Å². The molecule has 8 nitrogen and oxygen atoms in total. The molecule has 2 aromatic carbocycles. The molecule has 0 saturated heterocycles. The van der Waals surface area contributed by atoms with Gasteiger partial charge in [0.15, 0.2) is 0 Å². The molecule has 0 aliphatic rings. The lowest BCUT2D eigenvalue weighted by Crippen LogP contribution is -2.00. The zero-order chi connectivity index (χ0) is 20.0. The molecule has 0 aliphatic carbocycles. The molecule has 0 radical (unpaired) electrons. The van der Waals surface area contributed by atoms with E-state index in [1.807, 2.05) is 55.1 Å². The van der Waals surface area contributed by atoms with Gasteiger partial charge in [0.25, 0.3) is 0 Å². The SMILES string of the molecule is Cc1[nH]nc2cc(Nc3ccnc(Nc4ccc5c(C)n(C)nc5c4)n3)ccc12. The number of benzene rings is 2. The summed E-state index contributed by atoms with van der Waals surface area (Å²) in [5, 5.41) is 20.7. The Bertz CT molecular complexity index is 1350. The number of anilines is 4. The van der Waals surface area contributed by atoms with Gasteiger partial charge >= 0.3 is 0 Å². The third-order valence-corrected chi connectivity index (χ3v) is 5.06. The number of aromatic nitrogens is 6. The fourth-order valence-electron chi connectivity index (χ4n) is 3.40. The highest BCUT2D eigenvalue weighted by Gasteiger charge is 2.07. The molecule has 0 unspecified atom stereocenters. The van der Waals surface area contributed by atoms with Crippen molar-refractivity contribution in [2.75, 3.05) is 10.6 Å². The molecule has 144 valence electrons. The summed E-state index contributed by atoms with van der Waals surface area (Å²) in [5.74, 6) is 1.21. The van der Waals surface area contributed by atoms with Gasteiger partial charge in [0.05, 0.1) is 11.0 Å². The Morgan fingerprint density at radius 1 is 0.897 bits per heavy atom. The first-order valence-corrected chi connectivity index (χ1v) is 9.32. The van der Waals surface area contributed by atoms with Gasteiger partial charge in [-0.2, -0.15) is 15.2 Å². The number of nitrogens with one attached hydrogen (secondary N) is 3. The van der Waals surface area contributed by atoms with E-state index in [4.69, 9.17) is 0 Å².